The highest BCUT2D eigenvalue weighted by Gasteiger charge is 2.54. The fourth-order valence-corrected chi connectivity index (χ4v) is 7.15. The lowest BCUT2D eigenvalue weighted by molar-refractivity contribution is -0.376. The normalized spacial score (nSPS) is 33.3. The van der Waals surface area contributed by atoms with Gasteiger partial charge in [-0.25, -0.2) is 0 Å². The van der Waals surface area contributed by atoms with Crippen molar-refractivity contribution >= 4 is 17.7 Å². The second-order valence-electron chi connectivity index (χ2n) is 15.1. The number of nitrogens with two attached hydrogens (primary N) is 1. The zero-order chi connectivity index (χ0) is 45.8. The molecule has 2 aromatic carbocycles. The number of carbonyl (C=O) groups is 3. The van der Waals surface area contributed by atoms with E-state index < -0.39 is 124 Å². The number of benzene rings is 2. The van der Waals surface area contributed by atoms with Crippen LogP contribution in [0.1, 0.15) is 23.7 Å². The van der Waals surface area contributed by atoms with Crippen molar-refractivity contribution in [2.75, 3.05) is 52.7 Å². The molecule has 3 fully saturated rings. The van der Waals surface area contributed by atoms with E-state index in [1.54, 1.807) is 42.5 Å². The second-order valence-corrected chi connectivity index (χ2v) is 15.1. The third kappa shape index (κ3) is 12.8. The number of ether oxygens (including phenoxy) is 7. The van der Waals surface area contributed by atoms with Crippen LogP contribution in [0.3, 0.4) is 0 Å². The van der Waals surface area contributed by atoms with Crippen LogP contribution in [0.25, 0.3) is 11.1 Å². The zero-order valence-corrected chi connectivity index (χ0v) is 34.3. The summed E-state index contributed by atoms with van der Waals surface area (Å²) in [5, 5.41) is 102. The molecule has 15 atom stereocenters. The molecule has 0 radical (unpaired) electrons. The Kier molecular flexibility index (Phi) is 18.9. The van der Waals surface area contributed by atoms with Gasteiger partial charge in [-0.05, 0) is 41.8 Å². The van der Waals surface area contributed by atoms with Crippen LogP contribution in [0.2, 0.25) is 0 Å². The first kappa shape index (κ1) is 50.0. The smallest absolute Gasteiger partial charge is 0.257 e. The van der Waals surface area contributed by atoms with E-state index in [4.69, 9.17) is 38.9 Å². The fourth-order valence-electron chi connectivity index (χ4n) is 7.15. The van der Waals surface area contributed by atoms with Crippen molar-refractivity contribution in [3.63, 3.8) is 0 Å². The molecule has 3 saturated heterocycles. The molecule has 3 aliphatic heterocycles. The Morgan fingerprint density at radius 2 is 1.32 bits per heavy atom. The number of hydrogen-bond donors (Lipinski definition) is 13. The number of amides is 3. The molecular weight excluding hydrogens is 840 g/mol. The Labute approximate surface area is 361 Å². The van der Waals surface area contributed by atoms with Gasteiger partial charge in [0.05, 0.1) is 26.4 Å². The predicted molar refractivity (Wildman–Crippen MR) is 213 cm³/mol. The van der Waals surface area contributed by atoms with Crippen molar-refractivity contribution in [3.05, 3.63) is 54.1 Å². The van der Waals surface area contributed by atoms with Crippen LogP contribution in [-0.4, -0.2) is 208 Å². The Morgan fingerprint density at radius 1 is 0.683 bits per heavy atom. The van der Waals surface area contributed by atoms with Crippen molar-refractivity contribution in [2.45, 2.75) is 105 Å². The van der Waals surface area contributed by atoms with E-state index in [1.165, 1.54) is 0 Å². The standard InChI is InChI=1S/C40H58N4O19/c1-19(48)44-28-31(52)35(62-40-34(55)36(30(51)25(16-46)60-40)63-39-33(54)32(53)29(50)24(15-45)59-39)26(17-47)61-38(28)57-13-3-11-42-27(49)18-58-23-8-6-20(7-9-23)21-4-2-5-22(14-21)37(56)43-12-10-41/h2,4-9,14,24-26,28-36,38-40,45-47,50-55H,3,10-13,15-18,41H2,1H3,(H,42,49)(H,43,56)(H,44,48). The van der Waals surface area contributed by atoms with E-state index >= 15 is 0 Å². The van der Waals surface area contributed by atoms with E-state index in [0.717, 1.165) is 18.1 Å². The number of carbonyl (C=O) groups excluding carboxylic acids is 3. The molecule has 352 valence electrons. The van der Waals surface area contributed by atoms with Gasteiger partial charge in [0.2, 0.25) is 5.91 Å². The molecule has 2 aromatic rings. The minimum absolute atomic E-state index is 0.0624. The molecule has 3 heterocycles. The number of rotatable bonds is 20. The van der Waals surface area contributed by atoms with Gasteiger partial charge in [-0.3, -0.25) is 14.4 Å². The molecule has 23 heteroatoms. The van der Waals surface area contributed by atoms with Crippen molar-refractivity contribution in [2.24, 2.45) is 5.73 Å². The van der Waals surface area contributed by atoms with Crippen LogP contribution in [0.4, 0.5) is 0 Å². The monoisotopic (exact) mass is 898 g/mol. The molecule has 14 N–H and O–H groups in total. The second kappa shape index (κ2) is 23.8. The van der Waals surface area contributed by atoms with Crippen LogP contribution in [0.5, 0.6) is 5.75 Å². The Bertz CT molecular complexity index is 1760. The highest BCUT2D eigenvalue weighted by molar-refractivity contribution is 5.95. The summed E-state index contributed by atoms with van der Waals surface area (Å²) >= 11 is 0. The van der Waals surface area contributed by atoms with Crippen LogP contribution < -0.4 is 26.4 Å². The summed E-state index contributed by atoms with van der Waals surface area (Å²) in [6, 6.07) is 12.7. The van der Waals surface area contributed by atoms with Gasteiger partial charge in [0.15, 0.2) is 25.5 Å². The summed E-state index contributed by atoms with van der Waals surface area (Å²) in [4.78, 5) is 37.1. The predicted octanol–water partition coefficient (Wildman–Crippen LogP) is -5.46. The average Bonchev–Trinajstić information content (AvgIpc) is 3.28. The van der Waals surface area contributed by atoms with Crippen LogP contribution >= 0.6 is 0 Å². The van der Waals surface area contributed by atoms with Gasteiger partial charge >= 0.3 is 0 Å². The highest BCUT2D eigenvalue weighted by atomic mass is 16.8. The molecule has 0 aliphatic carbocycles. The van der Waals surface area contributed by atoms with Crippen LogP contribution in [0, 0.1) is 0 Å². The molecule has 63 heavy (non-hydrogen) atoms. The summed E-state index contributed by atoms with van der Waals surface area (Å²) in [5.41, 5.74) is 7.59. The maximum Gasteiger partial charge on any atom is 0.257 e. The third-order valence-corrected chi connectivity index (χ3v) is 10.5. The van der Waals surface area contributed by atoms with Gasteiger partial charge in [-0.2, -0.15) is 0 Å². The van der Waals surface area contributed by atoms with Gasteiger partial charge in [-0.15, -0.1) is 0 Å². The van der Waals surface area contributed by atoms with Gasteiger partial charge in [0.1, 0.15) is 78.9 Å². The van der Waals surface area contributed by atoms with E-state index in [-0.39, 0.29) is 32.1 Å². The number of aliphatic hydroxyl groups is 9. The van der Waals surface area contributed by atoms with E-state index in [2.05, 4.69) is 16.0 Å². The first-order valence-corrected chi connectivity index (χ1v) is 20.4. The Balaban J connectivity index is 1.11. The Morgan fingerprint density at radius 3 is 1.97 bits per heavy atom. The molecule has 5 rings (SSSR count). The van der Waals surface area contributed by atoms with Gasteiger partial charge in [0, 0.05) is 32.1 Å². The van der Waals surface area contributed by atoms with Crippen LogP contribution in [0.15, 0.2) is 48.5 Å². The number of hydrogen-bond acceptors (Lipinski definition) is 20. The lowest BCUT2D eigenvalue weighted by Crippen LogP contribution is -2.68. The first-order chi connectivity index (χ1) is 30.2. The largest absolute Gasteiger partial charge is 0.484 e. The van der Waals surface area contributed by atoms with Gasteiger partial charge < -0.3 is 101 Å². The molecule has 0 aromatic heterocycles. The SMILES string of the molecule is CC(=O)NC1C(OCCCNC(=O)COc2ccc(-c3cccc(C(=O)NCCN)c3)cc2)OC(CO)C(OC2OC(CO)C(O)C(OC3OC(CO)C(O)C(O)C3O)C2O)C1O. The zero-order valence-electron chi connectivity index (χ0n) is 34.3. The quantitative estimate of drug-likeness (QED) is 0.0552. The van der Waals surface area contributed by atoms with Crippen molar-refractivity contribution in [1.82, 2.24) is 16.0 Å². The molecule has 3 amide bonds. The van der Waals surface area contributed by atoms with E-state index in [1.807, 2.05) is 6.07 Å². The van der Waals surface area contributed by atoms with Gasteiger partial charge in [0.25, 0.3) is 11.8 Å². The summed E-state index contributed by atoms with van der Waals surface area (Å²) in [7, 11) is 0. The van der Waals surface area contributed by atoms with Crippen LogP contribution in [-0.2, 0) is 38.0 Å². The fraction of sp³-hybridized carbons (Fsp3) is 0.625. The highest BCUT2D eigenvalue weighted by Crippen LogP contribution is 2.33. The number of nitrogens with one attached hydrogen (secondary N) is 3. The molecule has 0 spiro atoms. The van der Waals surface area contributed by atoms with E-state index in [0.29, 0.717) is 24.4 Å². The summed E-state index contributed by atoms with van der Waals surface area (Å²) < 4.78 is 39.7. The Hall–Kier alpha value is -3.99. The summed E-state index contributed by atoms with van der Waals surface area (Å²) in [6.45, 7) is -0.798. The molecule has 0 bridgehead atoms. The minimum atomic E-state index is -1.96. The first-order valence-electron chi connectivity index (χ1n) is 20.4. The number of aliphatic hydroxyl groups excluding tert-OH is 9. The van der Waals surface area contributed by atoms with Crippen molar-refractivity contribution in [1.29, 1.82) is 0 Å². The van der Waals surface area contributed by atoms with Crippen molar-refractivity contribution < 1.29 is 93.5 Å². The topological polar surface area (TPSA) is 360 Å². The average molecular weight is 899 g/mol. The van der Waals surface area contributed by atoms with E-state index in [9.17, 15) is 60.3 Å². The lowest BCUT2D eigenvalue weighted by Gasteiger charge is -2.48. The van der Waals surface area contributed by atoms with Gasteiger partial charge in [-0.1, -0.05) is 24.3 Å². The molecule has 3 aliphatic rings. The van der Waals surface area contributed by atoms with Crippen molar-refractivity contribution in [3.8, 4) is 16.9 Å². The third-order valence-electron chi connectivity index (χ3n) is 10.5. The molecular formula is C40H58N4O19. The maximum atomic E-state index is 12.5. The maximum absolute atomic E-state index is 12.5. The molecule has 15 unspecified atom stereocenters. The minimum Gasteiger partial charge on any atom is -0.484 e. The lowest BCUT2D eigenvalue weighted by atomic mass is 9.95. The summed E-state index contributed by atoms with van der Waals surface area (Å²) in [6.07, 6.45) is -23.3. The molecule has 0 saturated carbocycles. The molecule has 23 nitrogen and oxygen atoms in total. The summed E-state index contributed by atoms with van der Waals surface area (Å²) in [5.74, 6) is -0.838.